The van der Waals surface area contributed by atoms with Crippen LogP contribution in [0, 0.1) is 10.1 Å². The number of benzene rings is 2. The van der Waals surface area contributed by atoms with E-state index < -0.39 is 22.3 Å². The van der Waals surface area contributed by atoms with Gasteiger partial charge < -0.3 is 24.5 Å². The van der Waals surface area contributed by atoms with E-state index in [9.17, 15) is 23.3 Å². The molecule has 2 aromatic carbocycles. The summed E-state index contributed by atoms with van der Waals surface area (Å²) in [6, 6.07) is 14.0. The Morgan fingerprint density at radius 1 is 1.18 bits per heavy atom. The van der Waals surface area contributed by atoms with Crippen LogP contribution in [0.1, 0.15) is 30.9 Å². The standard InChI is InChI=1S/C27H30F3N5O4/c1-26(17-34-16-24(35(36)37)31-25(34)39-26)18-38-22-9-7-21(8-10-22)33-13-11-20(12-14-33)32(2)15-19-5-3-4-6-23(19)27(28,29)30/h3-10,16,20H,11-15,17-18H2,1-2H3/t26-/m1/s1. The van der Waals surface area contributed by atoms with Gasteiger partial charge in [0.2, 0.25) is 0 Å². The third-order valence-electron chi connectivity index (χ3n) is 7.33. The first-order valence-electron chi connectivity index (χ1n) is 12.7. The molecule has 1 atom stereocenters. The van der Waals surface area contributed by atoms with E-state index >= 15 is 0 Å². The van der Waals surface area contributed by atoms with Crippen LogP contribution in [0.15, 0.2) is 54.7 Å². The highest BCUT2D eigenvalue weighted by atomic mass is 19.4. The van der Waals surface area contributed by atoms with Gasteiger partial charge in [-0.25, -0.2) is 0 Å². The van der Waals surface area contributed by atoms with Gasteiger partial charge in [0, 0.05) is 36.3 Å². The number of alkyl halides is 3. The predicted octanol–water partition coefficient (Wildman–Crippen LogP) is 5.14. The van der Waals surface area contributed by atoms with Crippen molar-refractivity contribution in [3.63, 3.8) is 0 Å². The van der Waals surface area contributed by atoms with Gasteiger partial charge in [-0.2, -0.15) is 13.2 Å². The lowest BCUT2D eigenvalue weighted by atomic mass is 10.0. The van der Waals surface area contributed by atoms with Gasteiger partial charge in [0.25, 0.3) is 0 Å². The monoisotopic (exact) mass is 545 g/mol. The molecule has 0 N–H and O–H groups in total. The summed E-state index contributed by atoms with van der Waals surface area (Å²) in [4.78, 5) is 18.5. The number of anilines is 1. The number of hydrogen-bond acceptors (Lipinski definition) is 7. The van der Waals surface area contributed by atoms with Crippen LogP contribution in [0.25, 0.3) is 0 Å². The first-order valence-corrected chi connectivity index (χ1v) is 12.7. The highest BCUT2D eigenvalue weighted by Gasteiger charge is 2.41. The first kappa shape index (κ1) is 26.8. The number of halogens is 3. The van der Waals surface area contributed by atoms with E-state index in [0.29, 0.717) is 17.9 Å². The van der Waals surface area contributed by atoms with E-state index in [4.69, 9.17) is 9.47 Å². The number of nitrogens with zero attached hydrogens (tertiary/aromatic N) is 5. The van der Waals surface area contributed by atoms with Gasteiger partial charge in [0.05, 0.1) is 12.1 Å². The highest BCUT2D eigenvalue weighted by Crippen LogP contribution is 2.34. The Kier molecular flexibility index (Phi) is 7.15. The molecule has 0 aliphatic carbocycles. The van der Waals surface area contributed by atoms with Crippen molar-refractivity contribution in [2.75, 3.05) is 31.6 Å². The second-order valence-corrected chi connectivity index (χ2v) is 10.4. The van der Waals surface area contributed by atoms with Crippen LogP contribution >= 0.6 is 0 Å². The molecule has 0 saturated carbocycles. The maximum Gasteiger partial charge on any atom is 0.416 e. The highest BCUT2D eigenvalue weighted by molar-refractivity contribution is 5.49. The van der Waals surface area contributed by atoms with E-state index in [1.165, 1.54) is 12.3 Å². The maximum absolute atomic E-state index is 13.4. The van der Waals surface area contributed by atoms with Crippen LogP contribution in [0.4, 0.5) is 24.7 Å². The molecule has 0 spiro atoms. The van der Waals surface area contributed by atoms with Crippen LogP contribution < -0.4 is 14.4 Å². The van der Waals surface area contributed by atoms with E-state index in [0.717, 1.165) is 37.7 Å². The molecule has 39 heavy (non-hydrogen) atoms. The van der Waals surface area contributed by atoms with Gasteiger partial charge in [-0.05, 0) is 67.6 Å². The summed E-state index contributed by atoms with van der Waals surface area (Å²) in [7, 11) is 1.89. The number of fused-ring (bicyclic) bond motifs is 1. The molecule has 208 valence electrons. The van der Waals surface area contributed by atoms with E-state index in [1.807, 2.05) is 43.1 Å². The van der Waals surface area contributed by atoms with Crippen molar-refractivity contribution in [2.24, 2.45) is 0 Å². The number of nitro groups is 1. The molecule has 0 amide bonds. The molecular formula is C27H30F3N5O4. The van der Waals surface area contributed by atoms with Crippen molar-refractivity contribution in [3.8, 4) is 11.8 Å². The van der Waals surface area contributed by atoms with Gasteiger partial charge in [-0.1, -0.05) is 18.2 Å². The fourth-order valence-corrected chi connectivity index (χ4v) is 5.24. The van der Waals surface area contributed by atoms with Gasteiger partial charge >= 0.3 is 18.0 Å². The summed E-state index contributed by atoms with van der Waals surface area (Å²) < 4.78 is 53.5. The van der Waals surface area contributed by atoms with Crippen molar-refractivity contribution in [2.45, 2.75) is 50.7 Å². The van der Waals surface area contributed by atoms with E-state index in [-0.39, 0.29) is 31.0 Å². The number of ether oxygens (including phenoxy) is 2. The van der Waals surface area contributed by atoms with Crippen molar-refractivity contribution in [1.82, 2.24) is 14.5 Å². The van der Waals surface area contributed by atoms with Crippen molar-refractivity contribution < 1.29 is 27.6 Å². The molecule has 12 heteroatoms. The second-order valence-electron chi connectivity index (χ2n) is 10.4. The van der Waals surface area contributed by atoms with Gasteiger partial charge in [0.15, 0.2) is 5.60 Å². The minimum absolute atomic E-state index is 0.202. The van der Waals surface area contributed by atoms with Crippen LogP contribution in [0.3, 0.4) is 0 Å². The van der Waals surface area contributed by atoms with Gasteiger partial charge in [-0.3, -0.25) is 9.47 Å². The van der Waals surface area contributed by atoms with Crippen molar-refractivity contribution in [3.05, 3.63) is 76.0 Å². The Balaban J connectivity index is 1.11. The molecule has 0 bridgehead atoms. The largest absolute Gasteiger partial charge is 0.489 e. The number of piperidine rings is 1. The SMILES string of the molecule is CN(Cc1ccccc1C(F)(F)F)C1CCN(c2ccc(OC[C@@]3(C)Cn4cc([N+](=O)[O-])nc4O3)cc2)CC1. The Morgan fingerprint density at radius 2 is 1.87 bits per heavy atom. The minimum Gasteiger partial charge on any atom is -0.489 e. The number of rotatable bonds is 8. The average Bonchev–Trinajstić information content (AvgIpc) is 3.43. The Hall–Kier alpha value is -3.80. The fourth-order valence-electron chi connectivity index (χ4n) is 5.24. The second kappa shape index (κ2) is 10.4. The average molecular weight is 546 g/mol. The smallest absolute Gasteiger partial charge is 0.416 e. The van der Waals surface area contributed by atoms with Gasteiger partial charge in [0.1, 0.15) is 18.6 Å². The third kappa shape index (κ3) is 5.95. The van der Waals surface area contributed by atoms with Crippen LogP contribution in [-0.2, 0) is 19.3 Å². The molecule has 1 saturated heterocycles. The zero-order valence-corrected chi connectivity index (χ0v) is 21.7. The van der Waals surface area contributed by atoms with Crippen LogP contribution in [-0.4, -0.2) is 57.8 Å². The summed E-state index contributed by atoms with van der Waals surface area (Å²) >= 11 is 0. The zero-order valence-electron chi connectivity index (χ0n) is 21.7. The lowest BCUT2D eigenvalue weighted by molar-refractivity contribution is -0.389. The Labute approximate surface area is 223 Å². The molecule has 0 unspecified atom stereocenters. The molecule has 3 aromatic rings. The zero-order chi connectivity index (χ0) is 27.8. The molecule has 9 nitrogen and oxygen atoms in total. The molecule has 2 aliphatic heterocycles. The topological polar surface area (TPSA) is 85.9 Å². The lowest BCUT2D eigenvalue weighted by Crippen LogP contribution is -2.43. The van der Waals surface area contributed by atoms with E-state index in [1.54, 1.807) is 16.7 Å². The van der Waals surface area contributed by atoms with Crippen molar-refractivity contribution >= 4 is 11.5 Å². The number of imidazole rings is 1. The minimum atomic E-state index is -4.36. The normalized spacial score (nSPS) is 19.7. The number of aromatic nitrogens is 2. The maximum atomic E-state index is 13.4. The third-order valence-corrected chi connectivity index (χ3v) is 7.33. The molecule has 1 aromatic heterocycles. The first-order chi connectivity index (χ1) is 18.5. The predicted molar refractivity (Wildman–Crippen MR) is 138 cm³/mol. The summed E-state index contributed by atoms with van der Waals surface area (Å²) in [5, 5.41) is 10.9. The van der Waals surface area contributed by atoms with Crippen LogP contribution in [0.5, 0.6) is 11.8 Å². The van der Waals surface area contributed by atoms with E-state index in [2.05, 4.69) is 9.88 Å². The Morgan fingerprint density at radius 3 is 2.51 bits per heavy atom. The van der Waals surface area contributed by atoms with Crippen molar-refractivity contribution in [1.29, 1.82) is 0 Å². The quantitative estimate of drug-likeness (QED) is 0.286. The fraction of sp³-hybridized carbons (Fsp3) is 0.444. The molecule has 1 fully saturated rings. The summed E-state index contributed by atoms with van der Waals surface area (Å²) in [5.41, 5.74) is 0.0974. The lowest BCUT2D eigenvalue weighted by Gasteiger charge is -2.38. The molecule has 2 aliphatic rings. The molecule has 3 heterocycles. The van der Waals surface area contributed by atoms with Gasteiger partial charge in [-0.15, -0.1) is 0 Å². The molecule has 0 radical (unpaired) electrons. The summed E-state index contributed by atoms with van der Waals surface area (Å²) in [6.07, 6.45) is -1.29. The molecule has 5 rings (SSSR count). The Bertz CT molecular complexity index is 1300. The molecular weight excluding hydrogens is 515 g/mol. The number of hydrogen-bond donors (Lipinski definition) is 0. The summed E-state index contributed by atoms with van der Waals surface area (Å²) in [6.45, 7) is 4.38. The summed E-state index contributed by atoms with van der Waals surface area (Å²) in [5.74, 6) is 0.433. The van der Waals surface area contributed by atoms with Crippen LogP contribution in [0.2, 0.25) is 0 Å².